The summed E-state index contributed by atoms with van der Waals surface area (Å²) in [6.45, 7) is 6.46. The number of amides is 1. The third-order valence-corrected chi connectivity index (χ3v) is 10.0. The number of halogens is 1. The van der Waals surface area contributed by atoms with Crippen molar-refractivity contribution in [2.24, 2.45) is 5.92 Å². The van der Waals surface area contributed by atoms with E-state index in [1.165, 1.54) is 6.07 Å². The number of likely N-dealkylation sites (N-methyl/N-ethyl adjacent to an activating group) is 2. The first-order chi connectivity index (χ1) is 18.6. The van der Waals surface area contributed by atoms with Gasteiger partial charge in [0.15, 0.2) is 11.6 Å². The number of phenols is 1. The molecule has 4 heterocycles. The smallest absolute Gasteiger partial charge is 0.240 e. The summed E-state index contributed by atoms with van der Waals surface area (Å²) in [4.78, 5) is 28.3. The molecule has 1 saturated carbocycles. The summed E-state index contributed by atoms with van der Waals surface area (Å²) in [5.74, 6) is 0.963. The lowest BCUT2D eigenvalue weighted by Gasteiger charge is -2.53. The summed E-state index contributed by atoms with van der Waals surface area (Å²) >= 11 is 0. The first-order valence-corrected chi connectivity index (χ1v) is 14.3. The number of carbonyl (C=O) groups is 1. The Kier molecular flexibility index (Phi) is 6.73. The fourth-order valence-corrected chi connectivity index (χ4v) is 7.24. The first kappa shape index (κ1) is 26.7. The number of nitrogens with zero attached hydrogens (tertiary/aromatic N) is 4. The number of aromatic nitrogens is 2. The van der Waals surface area contributed by atoms with Crippen LogP contribution >= 0.6 is 0 Å². The summed E-state index contributed by atoms with van der Waals surface area (Å²) in [6, 6.07) is 3.27. The molecular formula is C29H42FN7O2. The lowest BCUT2D eigenvalue weighted by molar-refractivity contribution is -0.149. The summed E-state index contributed by atoms with van der Waals surface area (Å²) in [6.07, 6.45) is 4.27. The minimum absolute atomic E-state index is 0.0544. The number of phenolic OH excluding ortho intramolecular Hbond substituents is 1. The zero-order chi connectivity index (χ0) is 27.6. The molecule has 3 aliphatic heterocycles. The van der Waals surface area contributed by atoms with Crippen molar-refractivity contribution in [1.29, 1.82) is 0 Å². The van der Waals surface area contributed by atoms with Gasteiger partial charge in [0.05, 0.1) is 29.0 Å². The van der Waals surface area contributed by atoms with Crippen molar-refractivity contribution < 1.29 is 14.3 Å². The lowest BCUT2D eigenvalue weighted by Crippen LogP contribution is -2.70. The predicted molar refractivity (Wildman–Crippen MR) is 147 cm³/mol. The second-order valence-corrected chi connectivity index (χ2v) is 12.7. The van der Waals surface area contributed by atoms with Gasteiger partial charge in [-0.05, 0) is 88.8 Å². The highest BCUT2D eigenvalue weighted by Gasteiger charge is 2.47. The Morgan fingerprint density at radius 2 is 2.03 bits per heavy atom. The summed E-state index contributed by atoms with van der Waals surface area (Å²) in [5, 5.41) is 9.85. The topological polar surface area (TPSA) is 99.8 Å². The zero-order valence-corrected chi connectivity index (χ0v) is 23.7. The van der Waals surface area contributed by atoms with Gasteiger partial charge in [0.25, 0.3) is 0 Å². The summed E-state index contributed by atoms with van der Waals surface area (Å²) in [7, 11) is 6.18. The van der Waals surface area contributed by atoms with Crippen molar-refractivity contribution >= 4 is 5.91 Å². The molecule has 5 unspecified atom stereocenters. The maximum Gasteiger partial charge on any atom is 0.240 e. The molecule has 6 rings (SSSR count). The number of hydrogen-bond donors (Lipinski definition) is 4. The molecule has 39 heavy (non-hydrogen) atoms. The van der Waals surface area contributed by atoms with Crippen molar-refractivity contribution in [3.05, 3.63) is 46.3 Å². The highest BCUT2D eigenvalue weighted by Crippen LogP contribution is 2.44. The Bertz CT molecular complexity index is 1260. The van der Waals surface area contributed by atoms with Gasteiger partial charge in [-0.1, -0.05) is 6.92 Å². The minimum Gasteiger partial charge on any atom is -0.505 e. The second-order valence-electron chi connectivity index (χ2n) is 12.7. The van der Waals surface area contributed by atoms with Gasteiger partial charge >= 0.3 is 0 Å². The van der Waals surface area contributed by atoms with E-state index in [1.54, 1.807) is 6.07 Å². The van der Waals surface area contributed by atoms with Crippen molar-refractivity contribution in [2.75, 3.05) is 34.2 Å². The van der Waals surface area contributed by atoms with Gasteiger partial charge in [-0.25, -0.2) is 14.8 Å². The van der Waals surface area contributed by atoms with Gasteiger partial charge in [-0.2, -0.15) is 0 Å². The number of hydrazine groups is 1. The van der Waals surface area contributed by atoms with E-state index in [0.717, 1.165) is 67.1 Å². The van der Waals surface area contributed by atoms with E-state index in [0.29, 0.717) is 18.9 Å². The minimum atomic E-state index is -0.538. The van der Waals surface area contributed by atoms with Crippen LogP contribution in [0.1, 0.15) is 73.4 Å². The number of aromatic amines is 1. The van der Waals surface area contributed by atoms with Crippen LogP contribution in [0.2, 0.25) is 0 Å². The number of fused-ring (bicyclic) bond motifs is 2. The molecule has 0 bridgehead atoms. The molecular weight excluding hydrogens is 497 g/mol. The second kappa shape index (κ2) is 9.83. The van der Waals surface area contributed by atoms with Crippen molar-refractivity contribution in [3.8, 4) is 5.75 Å². The molecule has 0 radical (unpaired) electrons. The molecule has 1 aromatic heterocycles. The van der Waals surface area contributed by atoms with Crippen LogP contribution in [-0.2, 0) is 24.2 Å². The Morgan fingerprint density at radius 1 is 1.26 bits per heavy atom. The molecule has 4 aliphatic rings. The average Bonchev–Trinajstić information content (AvgIpc) is 3.50. The number of likely N-dealkylation sites (tertiary alicyclic amines) is 1. The fourth-order valence-electron chi connectivity index (χ4n) is 7.24. The van der Waals surface area contributed by atoms with E-state index in [9.17, 15) is 14.3 Å². The molecule has 0 spiro atoms. The summed E-state index contributed by atoms with van der Waals surface area (Å²) < 4.78 is 14.2. The Morgan fingerprint density at radius 3 is 2.74 bits per heavy atom. The molecule has 212 valence electrons. The van der Waals surface area contributed by atoms with Gasteiger partial charge < -0.3 is 19.9 Å². The van der Waals surface area contributed by atoms with Gasteiger partial charge in [-0.3, -0.25) is 15.1 Å². The third-order valence-electron chi connectivity index (χ3n) is 10.0. The SMILES string of the molecule is CCc1cc(O)c(F)cc1C1CCC2C(C1)NNC2c1nc2c([nH]1)CN(C)C(C(=O)N1CC(C)(N(C)C)C1)C2. The van der Waals surface area contributed by atoms with Crippen LogP contribution in [0.3, 0.4) is 0 Å². The number of H-pyrrole nitrogens is 1. The standard InChI is InChI=1S/C29H42FN7O2/c1-6-16-10-25(38)20(30)11-19(16)17-7-8-18-21(9-17)33-34-26(18)27-31-22-12-24(36(5)13-23(22)32-27)28(39)37-14-29(2,15-37)35(3)4/h10-11,17-18,21,24,26,33-34,38H,6-9,12-15H2,1-5H3,(H,31,32). The molecule has 1 amide bonds. The van der Waals surface area contributed by atoms with Crippen LogP contribution in [0.25, 0.3) is 0 Å². The first-order valence-electron chi connectivity index (χ1n) is 14.3. The zero-order valence-electron chi connectivity index (χ0n) is 23.7. The monoisotopic (exact) mass is 539 g/mol. The van der Waals surface area contributed by atoms with Gasteiger partial charge in [-0.15, -0.1) is 0 Å². The van der Waals surface area contributed by atoms with Gasteiger partial charge in [0, 0.05) is 32.1 Å². The van der Waals surface area contributed by atoms with E-state index < -0.39 is 5.82 Å². The van der Waals surface area contributed by atoms with Crippen LogP contribution in [0.4, 0.5) is 4.39 Å². The maximum atomic E-state index is 14.2. The lowest BCUT2D eigenvalue weighted by atomic mass is 9.73. The van der Waals surface area contributed by atoms with E-state index in [4.69, 9.17) is 4.98 Å². The number of aromatic hydroxyl groups is 1. The van der Waals surface area contributed by atoms with Crippen LogP contribution in [0.15, 0.2) is 12.1 Å². The van der Waals surface area contributed by atoms with Gasteiger partial charge in [0.1, 0.15) is 5.82 Å². The molecule has 1 aromatic carbocycles. The molecule has 3 fully saturated rings. The molecule has 2 aromatic rings. The van der Waals surface area contributed by atoms with E-state index in [2.05, 4.69) is 46.7 Å². The van der Waals surface area contributed by atoms with Crippen molar-refractivity contribution in [2.45, 2.75) is 82.1 Å². The Labute approximate surface area is 230 Å². The van der Waals surface area contributed by atoms with Crippen LogP contribution in [0, 0.1) is 11.7 Å². The predicted octanol–water partition coefficient (Wildman–Crippen LogP) is 2.44. The normalized spacial score (nSPS) is 30.2. The van der Waals surface area contributed by atoms with Crippen LogP contribution < -0.4 is 10.9 Å². The van der Waals surface area contributed by atoms with Crippen molar-refractivity contribution in [1.82, 2.24) is 35.5 Å². The Balaban J connectivity index is 1.13. The number of hydrogen-bond acceptors (Lipinski definition) is 7. The number of nitrogens with one attached hydrogen (secondary N) is 3. The van der Waals surface area contributed by atoms with E-state index >= 15 is 0 Å². The summed E-state index contributed by atoms with van der Waals surface area (Å²) in [5.41, 5.74) is 11.2. The quantitative estimate of drug-likeness (QED) is 0.463. The number of imidazole rings is 1. The molecule has 1 aliphatic carbocycles. The molecule has 5 atom stereocenters. The van der Waals surface area contributed by atoms with Crippen molar-refractivity contribution in [3.63, 3.8) is 0 Å². The van der Waals surface area contributed by atoms with Crippen LogP contribution in [0.5, 0.6) is 5.75 Å². The Hall–Kier alpha value is -2.53. The van der Waals surface area contributed by atoms with Gasteiger partial charge in [0.2, 0.25) is 5.91 Å². The number of carbonyl (C=O) groups excluding carboxylic acids is 1. The molecule has 9 nitrogen and oxygen atoms in total. The molecule has 4 N–H and O–H groups in total. The van der Waals surface area contributed by atoms with Crippen LogP contribution in [-0.4, -0.2) is 87.5 Å². The highest BCUT2D eigenvalue weighted by atomic mass is 19.1. The number of benzene rings is 1. The number of rotatable bonds is 5. The van der Waals surface area contributed by atoms with E-state index in [-0.39, 0.29) is 41.2 Å². The average molecular weight is 540 g/mol. The third kappa shape index (κ3) is 4.55. The molecule has 10 heteroatoms. The fraction of sp³-hybridized carbons (Fsp3) is 0.655. The maximum absolute atomic E-state index is 14.2. The number of aryl methyl sites for hydroxylation is 1. The molecule has 2 saturated heterocycles. The van der Waals surface area contributed by atoms with E-state index in [1.807, 2.05) is 18.9 Å². The largest absolute Gasteiger partial charge is 0.505 e. The highest BCUT2D eigenvalue weighted by molar-refractivity contribution is 5.83.